The average molecular weight is 255 g/mol. The maximum absolute atomic E-state index is 4.38. The molecule has 2 aliphatic rings. The van der Waals surface area contributed by atoms with Crippen molar-refractivity contribution < 1.29 is 0 Å². The van der Waals surface area contributed by atoms with Gasteiger partial charge in [0.15, 0.2) is 0 Å². The molecule has 102 valence electrons. The van der Waals surface area contributed by atoms with Gasteiger partial charge in [-0.1, -0.05) is 26.5 Å². The summed E-state index contributed by atoms with van der Waals surface area (Å²) in [5, 5.41) is 3.77. The molecule has 0 saturated heterocycles. The molecule has 1 aromatic rings. The normalized spacial score (nSPS) is 22.7. The minimum atomic E-state index is -0.0257. The third kappa shape index (κ3) is 1.60. The molecule has 1 nitrogen and oxygen atoms in total. The lowest BCUT2D eigenvalue weighted by atomic mass is 9.66. The van der Waals surface area contributed by atoms with Crippen molar-refractivity contribution in [3.8, 4) is 0 Å². The van der Waals surface area contributed by atoms with Crippen LogP contribution in [0.25, 0.3) is 0 Å². The molecule has 1 aromatic carbocycles. The predicted octanol–water partition coefficient (Wildman–Crippen LogP) is 4.52. The zero-order valence-corrected chi connectivity index (χ0v) is 12.9. The molecule has 1 aliphatic carbocycles. The molecule has 0 saturated carbocycles. The summed E-state index contributed by atoms with van der Waals surface area (Å²) in [5.41, 5.74) is 8.78. The highest BCUT2D eigenvalue weighted by molar-refractivity contribution is 5.72. The van der Waals surface area contributed by atoms with E-state index in [1.54, 1.807) is 11.1 Å². The highest BCUT2D eigenvalue weighted by Crippen LogP contribution is 2.49. The standard InChI is InChI=1S/C18H25N/c1-11-10-15-16(14-9-7-8-13(11)14)19-18(5,6)12(2)17(15,3)4/h10,19H,2,7-9H2,1,3-6H3. The number of fused-ring (bicyclic) bond motifs is 3. The zero-order valence-electron chi connectivity index (χ0n) is 12.9. The van der Waals surface area contributed by atoms with Crippen molar-refractivity contribution in [2.24, 2.45) is 0 Å². The van der Waals surface area contributed by atoms with E-state index in [1.165, 1.54) is 41.6 Å². The largest absolute Gasteiger partial charge is 0.376 e. The molecule has 0 fully saturated rings. The van der Waals surface area contributed by atoms with Crippen molar-refractivity contribution in [3.05, 3.63) is 40.5 Å². The summed E-state index contributed by atoms with van der Waals surface area (Å²) in [6, 6.07) is 2.40. The lowest BCUT2D eigenvalue weighted by Crippen LogP contribution is -2.46. The van der Waals surface area contributed by atoms with E-state index in [2.05, 4.69) is 52.6 Å². The van der Waals surface area contributed by atoms with Crippen molar-refractivity contribution >= 4 is 5.69 Å². The first-order valence-electron chi connectivity index (χ1n) is 7.39. The third-order valence-electron chi connectivity index (χ3n) is 5.25. The first-order chi connectivity index (χ1) is 8.75. The molecule has 19 heavy (non-hydrogen) atoms. The van der Waals surface area contributed by atoms with Gasteiger partial charge in [0, 0.05) is 11.1 Å². The van der Waals surface area contributed by atoms with Gasteiger partial charge in [-0.25, -0.2) is 0 Å². The van der Waals surface area contributed by atoms with Crippen LogP contribution in [0.2, 0.25) is 0 Å². The van der Waals surface area contributed by atoms with E-state index >= 15 is 0 Å². The Hall–Kier alpha value is -1.24. The van der Waals surface area contributed by atoms with Gasteiger partial charge in [0.05, 0.1) is 5.54 Å². The van der Waals surface area contributed by atoms with Crippen LogP contribution in [0.15, 0.2) is 18.2 Å². The lowest BCUT2D eigenvalue weighted by Gasteiger charge is -2.47. The molecule has 0 unspecified atom stereocenters. The average Bonchev–Trinajstić information content (AvgIpc) is 2.79. The second-order valence-corrected chi connectivity index (χ2v) is 7.28. The molecule has 1 N–H and O–H groups in total. The summed E-state index contributed by atoms with van der Waals surface area (Å²) in [4.78, 5) is 0. The topological polar surface area (TPSA) is 12.0 Å². The van der Waals surface area contributed by atoms with Crippen molar-refractivity contribution in [2.45, 2.75) is 64.8 Å². The van der Waals surface area contributed by atoms with Gasteiger partial charge in [0.2, 0.25) is 0 Å². The van der Waals surface area contributed by atoms with E-state index in [-0.39, 0.29) is 11.0 Å². The third-order valence-corrected chi connectivity index (χ3v) is 5.25. The lowest BCUT2D eigenvalue weighted by molar-refractivity contribution is 0.489. The van der Waals surface area contributed by atoms with E-state index < -0.39 is 0 Å². The number of aryl methyl sites for hydroxylation is 1. The van der Waals surface area contributed by atoms with Crippen molar-refractivity contribution in [2.75, 3.05) is 5.32 Å². The van der Waals surface area contributed by atoms with Gasteiger partial charge in [-0.3, -0.25) is 0 Å². The molecule has 0 aromatic heterocycles. The Morgan fingerprint density at radius 1 is 1.11 bits per heavy atom. The summed E-state index contributed by atoms with van der Waals surface area (Å²) in [7, 11) is 0. The minimum Gasteiger partial charge on any atom is -0.376 e. The number of nitrogens with one attached hydrogen (secondary N) is 1. The maximum atomic E-state index is 4.38. The van der Waals surface area contributed by atoms with Crippen LogP contribution in [0, 0.1) is 6.92 Å². The molecule has 3 rings (SSSR count). The highest BCUT2D eigenvalue weighted by atomic mass is 15.0. The molecule has 0 atom stereocenters. The SMILES string of the molecule is C=C1C(C)(C)Nc2c(cc(C)c3c2CCC3)C1(C)C. The highest BCUT2D eigenvalue weighted by Gasteiger charge is 2.42. The summed E-state index contributed by atoms with van der Waals surface area (Å²) < 4.78 is 0. The predicted molar refractivity (Wildman–Crippen MR) is 83.1 cm³/mol. The number of rotatable bonds is 0. The van der Waals surface area contributed by atoms with Crippen LogP contribution in [-0.4, -0.2) is 5.54 Å². The monoisotopic (exact) mass is 255 g/mol. The molecule has 1 aliphatic heterocycles. The molecular weight excluding hydrogens is 230 g/mol. The Balaban J connectivity index is 2.31. The number of hydrogen-bond donors (Lipinski definition) is 1. The van der Waals surface area contributed by atoms with Crippen LogP contribution < -0.4 is 5.32 Å². The van der Waals surface area contributed by atoms with E-state index in [1.807, 2.05) is 0 Å². The fourth-order valence-corrected chi connectivity index (χ4v) is 3.96. The smallest absolute Gasteiger partial charge is 0.0535 e. The fraction of sp³-hybridized carbons (Fsp3) is 0.556. The second kappa shape index (κ2) is 3.65. The van der Waals surface area contributed by atoms with E-state index in [9.17, 15) is 0 Å². The summed E-state index contributed by atoms with van der Waals surface area (Å²) in [6.07, 6.45) is 3.78. The van der Waals surface area contributed by atoms with Crippen molar-refractivity contribution in [1.82, 2.24) is 0 Å². The molecule has 0 spiro atoms. The van der Waals surface area contributed by atoms with Crippen LogP contribution in [0.5, 0.6) is 0 Å². The van der Waals surface area contributed by atoms with Gasteiger partial charge in [-0.2, -0.15) is 0 Å². The first-order valence-corrected chi connectivity index (χ1v) is 7.39. The molecule has 0 amide bonds. The van der Waals surface area contributed by atoms with Crippen LogP contribution >= 0.6 is 0 Å². The second-order valence-electron chi connectivity index (χ2n) is 7.28. The van der Waals surface area contributed by atoms with Gasteiger partial charge < -0.3 is 5.32 Å². The number of anilines is 1. The van der Waals surface area contributed by atoms with E-state index in [4.69, 9.17) is 0 Å². The quantitative estimate of drug-likeness (QED) is 0.672. The van der Waals surface area contributed by atoms with E-state index in [0.717, 1.165) is 0 Å². The van der Waals surface area contributed by atoms with Crippen molar-refractivity contribution in [1.29, 1.82) is 0 Å². The number of benzene rings is 1. The molecule has 0 radical (unpaired) electrons. The summed E-state index contributed by atoms with van der Waals surface area (Å²) >= 11 is 0. The van der Waals surface area contributed by atoms with Crippen LogP contribution in [0.1, 0.15) is 56.4 Å². The maximum Gasteiger partial charge on any atom is 0.0535 e. The van der Waals surface area contributed by atoms with Gasteiger partial charge in [0.1, 0.15) is 0 Å². The van der Waals surface area contributed by atoms with Gasteiger partial charge in [0.25, 0.3) is 0 Å². The first kappa shape index (κ1) is 12.8. The molecule has 1 heterocycles. The Morgan fingerprint density at radius 2 is 1.74 bits per heavy atom. The minimum absolute atomic E-state index is 0.0257. The fourth-order valence-electron chi connectivity index (χ4n) is 3.96. The Kier molecular flexibility index (Phi) is 2.46. The molecular formula is C18H25N. The Labute approximate surface area is 117 Å². The van der Waals surface area contributed by atoms with Crippen LogP contribution in [-0.2, 0) is 18.3 Å². The summed E-state index contributed by atoms with van der Waals surface area (Å²) in [6.45, 7) is 15.8. The van der Waals surface area contributed by atoms with Gasteiger partial charge >= 0.3 is 0 Å². The Morgan fingerprint density at radius 3 is 2.42 bits per heavy atom. The van der Waals surface area contributed by atoms with Crippen LogP contribution in [0.3, 0.4) is 0 Å². The molecule has 0 bridgehead atoms. The van der Waals surface area contributed by atoms with Crippen LogP contribution in [0.4, 0.5) is 5.69 Å². The molecule has 1 heteroatoms. The number of hydrogen-bond acceptors (Lipinski definition) is 1. The van der Waals surface area contributed by atoms with Crippen molar-refractivity contribution in [3.63, 3.8) is 0 Å². The summed E-state index contributed by atoms with van der Waals surface area (Å²) in [5.74, 6) is 0. The van der Waals surface area contributed by atoms with E-state index in [0.29, 0.717) is 0 Å². The zero-order chi connectivity index (χ0) is 14.0. The van der Waals surface area contributed by atoms with Gasteiger partial charge in [-0.15, -0.1) is 0 Å². The Bertz CT molecular complexity index is 576. The van der Waals surface area contributed by atoms with Gasteiger partial charge in [-0.05, 0) is 67.9 Å².